The van der Waals surface area contributed by atoms with E-state index in [2.05, 4.69) is 20.5 Å². The minimum atomic E-state index is -4.96. The number of fused-ring (bicyclic) bond motifs is 1. The molecule has 4 aromatic rings. The molecule has 2 N–H and O–H groups in total. The topological polar surface area (TPSA) is 135 Å². The first-order chi connectivity index (χ1) is 19.3. The molecule has 10 nitrogen and oxygen atoms in total. The Morgan fingerprint density at radius 1 is 1.10 bits per heavy atom. The molecule has 2 aromatic heterocycles. The van der Waals surface area contributed by atoms with Gasteiger partial charge in [-0.1, -0.05) is 6.07 Å². The van der Waals surface area contributed by atoms with Gasteiger partial charge in [0.25, 0.3) is 11.8 Å². The van der Waals surface area contributed by atoms with E-state index in [0.717, 1.165) is 28.1 Å². The number of hydrogen-bond acceptors (Lipinski definition) is 6. The van der Waals surface area contributed by atoms with E-state index in [1.165, 1.54) is 32.0 Å². The van der Waals surface area contributed by atoms with Gasteiger partial charge in [-0.15, -0.1) is 0 Å². The van der Waals surface area contributed by atoms with Crippen molar-refractivity contribution in [1.29, 1.82) is 5.26 Å². The molecule has 0 bridgehead atoms. The summed E-state index contributed by atoms with van der Waals surface area (Å²) in [6.45, 7) is 2.53. The van der Waals surface area contributed by atoms with E-state index in [0.29, 0.717) is 16.5 Å². The Morgan fingerprint density at radius 2 is 1.85 bits per heavy atom. The Bertz CT molecular complexity index is 1770. The molecule has 0 unspecified atom stereocenters. The summed E-state index contributed by atoms with van der Waals surface area (Å²) in [5.41, 5.74) is -3.29. The molecular weight excluding hydrogens is 546 g/mol. The summed E-state index contributed by atoms with van der Waals surface area (Å²) in [6, 6.07) is 9.37. The number of nitriles is 1. The van der Waals surface area contributed by atoms with Crippen LogP contribution in [0, 0.1) is 17.1 Å². The Hall–Kier alpha value is -5.32. The van der Waals surface area contributed by atoms with E-state index in [9.17, 15) is 27.6 Å². The zero-order valence-corrected chi connectivity index (χ0v) is 21.4. The molecule has 2 aromatic carbocycles. The standard InChI is InChI=1S/C27H19F4N7O3/c1-26(2)24(40)37(18-8-19(27(29,30)31)22(10-32)33-13-18)25(41)38(26)17-5-3-15(20(28)9-17)11-34-23(39)14-4-6-21-16(7-14)12-35-36-21/h3-9,12-13H,11H2,1-2H3,(H,34,39)(H,35,36). The predicted octanol–water partition coefficient (Wildman–Crippen LogP) is 4.67. The van der Waals surface area contributed by atoms with Gasteiger partial charge in [-0.2, -0.15) is 23.5 Å². The molecule has 1 saturated heterocycles. The van der Waals surface area contributed by atoms with Crippen molar-refractivity contribution in [2.75, 3.05) is 9.80 Å². The number of nitrogens with one attached hydrogen (secondary N) is 2. The molecule has 1 fully saturated rings. The van der Waals surface area contributed by atoms with Crippen molar-refractivity contribution < 1.29 is 31.9 Å². The lowest BCUT2D eigenvalue weighted by Crippen LogP contribution is -2.44. The van der Waals surface area contributed by atoms with Crippen molar-refractivity contribution in [3.8, 4) is 6.07 Å². The quantitative estimate of drug-likeness (QED) is 0.267. The third kappa shape index (κ3) is 4.71. The van der Waals surface area contributed by atoms with Crippen LogP contribution in [-0.2, 0) is 17.5 Å². The number of H-pyrrole nitrogens is 1. The summed E-state index contributed by atoms with van der Waals surface area (Å²) in [5.74, 6) is -2.13. The second-order valence-corrected chi connectivity index (χ2v) is 9.65. The maximum Gasteiger partial charge on any atom is 0.419 e. The van der Waals surface area contributed by atoms with E-state index in [1.807, 2.05) is 0 Å². The van der Waals surface area contributed by atoms with E-state index in [-0.39, 0.29) is 17.8 Å². The van der Waals surface area contributed by atoms with Crippen molar-refractivity contribution in [3.63, 3.8) is 0 Å². The smallest absolute Gasteiger partial charge is 0.348 e. The lowest BCUT2D eigenvalue weighted by Gasteiger charge is -2.28. The first kappa shape index (κ1) is 27.3. The molecule has 208 valence electrons. The third-order valence-corrected chi connectivity index (χ3v) is 6.65. The molecule has 0 spiro atoms. The van der Waals surface area contributed by atoms with Gasteiger partial charge >= 0.3 is 12.2 Å². The van der Waals surface area contributed by atoms with Crippen LogP contribution in [0.15, 0.2) is 54.9 Å². The van der Waals surface area contributed by atoms with Crippen LogP contribution in [0.3, 0.4) is 0 Å². The van der Waals surface area contributed by atoms with E-state index >= 15 is 4.39 Å². The predicted molar refractivity (Wildman–Crippen MR) is 137 cm³/mol. The van der Waals surface area contributed by atoms with Gasteiger partial charge in [0, 0.05) is 28.7 Å². The van der Waals surface area contributed by atoms with Gasteiger partial charge in [-0.05, 0) is 50.2 Å². The summed E-state index contributed by atoms with van der Waals surface area (Å²) in [7, 11) is 0. The van der Waals surface area contributed by atoms with Gasteiger partial charge in [-0.25, -0.2) is 19.1 Å². The van der Waals surface area contributed by atoms with Crippen LogP contribution in [0.1, 0.15) is 41.0 Å². The van der Waals surface area contributed by atoms with Crippen LogP contribution in [0.2, 0.25) is 0 Å². The fraction of sp³-hybridized carbons (Fsp3) is 0.185. The summed E-state index contributed by atoms with van der Waals surface area (Å²) in [6.07, 6.45) is -2.58. The Kier molecular flexibility index (Phi) is 6.45. The highest BCUT2D eigenvalue weighted by Crippen LogP contribution is 2.39. The number of rotatable bonds is 5. The summed E-state index contributed by atoms with van der Waals surface area (Å²) >= 11 is 0. The number of benzene rings is 2. The number of aromatic nitrogens is 3. The van der Waals surface area contributed by atoms with Crippen molar-refractivity contribution in [2.24, 2.45) is 0 Å². The number of imide groups is 1. The van der Waals surface area contributed by atoms with E-state index < -0.39 is 52.3 Å². The van der Waals surface area contributed by atoms with Crippen LogP contribution in [-0.4, -0.2) is 38.6 Å². The first-order valence-electron chi connectivity index (χ1n) is 12.0. The van der Waals surface area contributed by atoms with Crippen LogP contribution in [0.5, 0.6) is 0 Å². The molecule has 41 heavy (non-hydrogen) atoms. The molecular formula is C27H19F4N7O3. The number of carbonyl (C=O) groups excluding carboxylic acids is 3. The number of anilines is 2. The number of carbonyl (C=O) groups is 3. The zero-order chi connectivity index (χ0) is 29.7. The molecule has 0 aliphatic carbocycles. The number of hydrogen-bond donors (Lipinski definition) is 2. The highest BCUT2D eigenvalue weighted by molar-refractivity contribution is 6.30. The lowest BCUT2D eigenvalue weighted by atomic mass is 10.0. The summed E-state index contributed by atoms with van der Waals surface area (Å²) in [4.78, 5) is 44.1. The summed E-state index contributed by atoms with van der Waals surface area (Å²) < 4.78 is 55.5. The fourth-order valence-electron chi connectivity index (χ4n) is 4.52. The van der Waals surface area contributed by atoms with Crippen LogP contribution < -0.4 is 15.1 Å². The maximum absolute atomic E-state index is 15.1. The van der Waals surface area contributed by atoms with Gasteiger partial charge in [0.1, 0.15) is 17.4 Å². The second kappa shape index (κ2) is 9.70. The van der Waals surface area contributed by atoms with Gasteiger partial charge in [-0.3, -0.25) is 19.6 Å². The number of nitrogens with zero attached hydrogens (tertiary/aromatic N) is 5. The average Bonchev–Trinajstić information content (AvgIpc) is 3.46. The minimum Gasteiger partial charge on any atom is -0.348 e. The van der Waals surface area contributed by atoms with Gasteiger partial charge in [0.15, 0.2) is 5.69 Å². The second-order valence-electron chi connectivity index (χ2n) is 9.65. The van der Waals surface area contributed by atoms with E-state index in [4.69, 9.17) is 5.26 Å². The van der Waals surface area contributed by atoms with Gasteiger partial charge < -0.3 is 5.32 Å². The Morgan fingerprint density at radius 3 is 2.54 bits per heavy atom. The highest BCUT2D eigenvalue weighted by atomic mass is 19.4. The fourth-order valence-corrected chi connectivity index (χ4v) is 4.52. The van der Waals surface area contributed by atoms with Crippen molar-refractivity contribution in [2.45, 2.75) is 32.1 Å². The number of alkyl halides is 3. The minimum absolute atomic E-state index is 0.0357. The van der Waals surface area contributed by atoms with Crippen LogP contribution >= 0.6 is 0 Å². The Labute approximate surface area is 229 Å². The van der Waals surface area contributed by atoms with Crippen LogP contribution in [0.25, 0.3) is 10.9 Å². The molecule has 0 radical (unpaired) electrons. The monoisotopic (exact) mass is 565 g/mol. The van der Waals surface area contributed by atoms with Crippen molar-refractivity contribution in [3.05, 3.63) is 83.1 Å². The molecule has 1 aliphatic heterocycles. The third-order valence-electron chi connectivity index (χ3n) is 6.65. The number of urea groups is 1. The number of aromatic amines is 1. The van der Waals surface area contributed by atoms with Crippen LogP contribution in [0.4, 0.5) is 33.7 Å². The zero-order valence-electron chi connectivity index (χ0n) is 21.4. The molecule has 3 heterocycles. The average molecular weight is 565 g/mol. The summed E-state index contributed by atoms with van der Waals surface area (Å²) in [5, 5.41) is 19.0. The Balaban J connectivity index is 1.38. The maximum atomic E-state index is 15.1. The largest absolute Gasteiger partial charge is 0.419 e. The lowest BCUT2D eigenvalue weighted by molar-refractivity contribution is -0.138. The number of amides is 4. The van der Waals surface area contributed by atoms with Gasteiger partial charge in [0.05, 0.1) is 29.2 Å². The van der Waals surface area contributed by atoms with Crippen molar-refractivity contribution in [1.82, 2.24) is 20.5 Å². The highest BCUT2D eigenvalue weighted by Gasteiger charge is 2.53. The normalized spacial score (nSPS) is 15.0. The van der Waals surface area contributed by atoms with Crippen molar-refractivity contribution >= 4 is 40.1 Å². The molecule has 14 heteroatoms. The van der Waals surface area contributed by atoms with E-state index in [1.54, 1.807) is 24.4 Å². The first-order valence-corrected chi connectivity index (χ1v) is 12.0. The molecule has 1 aliphatic rings. The SMILES string of the molecule is CC1(C)C(=O)N(c2cnc(C#N)c(C(F)(F)F)c2)C(=O)N1c1ccc(CNC(=O)c2ccc3[nH]ncc3c2)c(F)c1. The van der Waals surface area contributed by atoms with Gasteiger partial charge in [0.2, 0.25) is 0 Å². The molecule has 5 rings (SSSR count). The number of halogens is 4. The molecule has 0 atom stereocenters. The molecule has 0 saturated carbocycles. The number of pyridine rings is 1. The molecule has 4 amide bonds.